The summed E-state index contributed by atoms with van der Waals surface area (Å²) in [5.41, 5.74) is 4.01. The van der Waals surface area contributed by atoms with Crippen LogP contribution in [-0.4, -0.2) is 13.6 Å². The predicted octanol–water partition coefficient (Wildman–Crippen LogP) is 3.84. The summed E-state index contributed by atoms with van der Waals surface area (Å²) < 4.78 is 0. The molecular weight excluding hydrogens is 194 g/mol. The minimum Gasteiger partial charge on any atom is -0.316 e. The highest BCUT2D eigenvalue weighted by atomic mass is 14.8. The van der Waals surface area contributed by atoms with E-state index < -0.39 is 0 Å². The molecular formula is C15H25N. The minimum atomic E-state index is 0.824. The minimum absolute atomic E-state index is 0.824. The van der Waals surface area contributed by atoms with Gasteiger partial charge < -0.3 is 5.32 Å². The number of rotatable bonds is 5. The summed E-state index contributed by atoms with van der Waals surface area (Å²) >= 11 is 0. The van der Waals surface area contributed by atoms with Gasteiger partial charge in [-0.25, -0.2) is 0 Å². The van der Waals surface area contributed by atoms with Crippen molar-refractivity contribution < 1.29 is 0 Å². The van der Waals surface area contributed by atoms with Crippen LogP contribution in [0.1, 0.15) is 39.5 Å². The molecule has 16 heavy (non-hydrogen) atoms. The van der Waals surface area contributed by atoms with E-state index in [4.69, 9.17) is 0 Å². The van der Waals surface area contributed by atoms with E-state index in [1.54, 1.807) is 5.57 Å². The summed E-state index contributed by atoms with van der Waals surface area (Å²) in [5, 5.41) is 3.22. The zero-order valence-electron chi connectivity index (χ0n) is 11.0. The van der Waals surface area contributed by atoms with Crippen molar-refractivity contribution in [3.8, 4) is 0 Å². The van der Waals surface area contributed by atoms with Gasteiger partial charge in [0.05, 0.1) is 0 Å². The van der Waals surface area contributed by atoms with Crippen LogP contribution in [0.25, 0.3) is 0 Å². The topological polar surface area (TPSA) is 12.0 Å². The van der Waals surface area contributed by atoms with Crippen LogP contribution >= 0.6 is 0 Å². The van der Waals surface area contributed by atoms with Crippen molar-refractivity contribution in [1.82, 2.24) is 5.32 Å². The Hall–Kier alpha value is -0.820. The van der Waals surface area contributed by atoms with Gasteiger partial charge in [-0.1, -0.05) is 42.7 Å². The van der Waals surface area contributed by atoms with Crippen LogP contribution in [-0.2, 0) is 0 Å². The van der Waals surface area contributed by atoms with Crippen LogP contribution in [0.4, 0.5) is 0 Å². The molecule has 1 aliphatic rings. The third-order valence-electron chi connectivity index (χ3n) is 3.22. The lowest BCUT2D eigenvalue weighted by molar-refractivity contribution is 0.641. The Morgan fingerprint density at radius 1 is 1.25 bits per heavy atom. The lowest BCUT2D eigenvalue weighted by Gasteiger charge is -2.11. The summed E-state index contributed by atoms with van der Waals surface area (Å²) in [6.45, 7) is 9.20. The summed E-state index contributed by atoms with van der Waals surface area (Å²) in [6, 6.07) is 0. The Morgan fingerprint density at radius 2 is 1.88 bits per heavy atom. The van der Waals surface area contributed by atoms with Gasteiger partial charge in [-0.3, -0.25) is 0 Å². The fourth-order valence-corrected chi connectivity index (χ4v) is 2.46. The maximum Gasteiger partial charge on any atom is 0.0202 e. The fourth-order valence-electron chi connectivity index (χ4n) is 2.46. The summed E-state index contributed by atoms with van der Waals surface area (Å²) in [7, 11) is 1.99. The molecule has 0 saturated heterocycles. The average molecular weight is 219 g/mol. The maximum atomic E-state index is 3.95. The summed E-state index contributed by atoms with van der Waals surface area (Å²) in [5.74, 6) is 0.824. The smallest absolute Gasteiger partial charge is 0.0202 e. The van der Waals surface area contributed by atoms with Gasteiger partial charge in [-0.15, -0.1) is 0 Å². The van der Waals surface area contributed by atoms with Gasteiger partial charge in [0, 0.05) is 6.54 Å². The maximum absolute atomic E-state index is 3.95. The molecule has 0 spiro atoms. The fraction of sp³-hybridized carbons (Fsp3) is 0.600. The van der Waals surface area contributed by atoms with Crippen molar-refractivity contribution in [2.45, 2.75) is 39.5 Å². The predicted molar refractivity (Wildman–Crippen MR) is 72.5 cm³/mol. The Bertz CT molecular complexity index is 291. The third-order valence-corrected chi connectivity index (χ3v) is 3.22. The Labute approximate surface area is 100 Å². The second kappa shape index (κ2) is 6.70. The molecule has 0 unspecified atom stereocenters. The van der Waals surface area contributed by atoms with E-state index >= 15 is 0 Å². The highest BCUT2D eigenvalue weighted by Crippen LogP contribution is 2.31. The molecule has 0 aromatic heterocycles. The van der Waals surface area contributed by atoms with Crippen LogP contribution in [0.5, 0.6) is 0 Å². The molecule has 0 aliphatic heterocycles. The van der Waals surface area contributed by atoms with Crippen molar-refractivity contribution in [3.63, 3.8) is 0 Å². The second-order valence-corrected chi connectivity index (χ2v) is 4.97. The quantitative estimate of drug-likeness (QED) is 0.693. The molecule has 90 valence electrons. The van der Waals surface area contributed by atoms with Crippen molar-refractivity contribution in [2.24, 2.45) is 5.92 Å². The van der Waals surface area contributed by atoms with Crippen LogP contribution in [0.2, 0.25) is 0 Å². The molecule has 0 heterocycles. The molecule has 1 saturated carbocycles. The van der Waals surface area contributed by atoms with Crippen molar-refractivity contribution >= 4 is 0 Å². The molecule has 0 amide bonds. The van der Waals surface area contributed by atoms with Crippen molar-refractivity contribution in [3.05, 3.63) is 35.5 Å². The molecule has 0 aromatic rings. The van der Waals surface area contributed by atoms with Crippen LogP contribution in [0.3, 0.4) is 0 Å². The van der Waals surface area contributed by atoms with Crippen LogP contribution in [0.15, 0.2) is 35.5 Å². The standard InChI is InChI=1S/C15H25N/c1-12(2)9-14(11-16-4)10-13(3)15-7-5-6-8-15/h9-10,15-16H,1,5-8,11H2,2-4H3/b13-10+,14-9+. The summed E-state index contributed by atoms with van der Waals surface area (Å²) in [6.07, 6.45) is 10.1. The van der Waals surface area contributed by atoms with Gasteiger partial charge in [-0.05, 0) is 45.2 Å². The van der Waals surface area contributed by atoms with Gasteiger partial charge >= 0.3 is 0 Å². The average Bonchev–Trinajstić information content (AvgIpc) is 2.69. The molecule has 1 rings (SSSR count). The first kappa shape index (κ1) is 13.2. The zero-order chi connectivity index (χ0) is 12.0. The van der Waals surface area contributed by atoms with Gasteiger partial charge in [0.15, 0.2) is 0 Å². The van der Waals surface area contributed by atoms with Crippen molar-refractivity contribution in [2.75, 3.05) is 13.6 Å². The first-order valence-corrected chi connectivity index (χ1v) is 6.32. The molecule has 0 radical (unpaired) electrons. The van der Waals surface area contributed by atoms with Crippen LogP contribution < -0.4 is 5.32 Å². The molecule has 0 atom stereocenters. The molecule has 1 heteroatoms. The van der Waals surface area contributed by atoms with E-state index in [9.17, 15) is 0 Å². The molecule has 0 bridgehead atoms. The molecule has 1 aliphatic carbocycles. The highest BCUT2D eigenvalue weighted by molar-refractivity contribution is 5.31. The molecule has 1 nitrogen and oxygen atoms in total. The van der Waals surface area contributed by atoms with Crippen LogP contribution in [0, 0.1) is 5.92 Å². The lowest BCUT2D eigenvalue weighted by atomic mass is 9.96. The SMILES string of the molecule is C=C(C)/C=C(\C=C(/C)C1CCCC1)CNC. The Morgan fingerprint density at radius 3 is 2.38 bits per heavy atom. The molecule has 0 aromatic carbocycles. The van der Waals surface area contributed by atoms with E-state index in [-0.39, 0.29) is 0 Å². The first-order chi connectivity index (χ1) is 7.63. The molecule has 1 N–H and O–H groups in total. The van der Waals surface area contributed by atoms with E-state index in [0.29, 0.717) is 0 Å². The second-order valence-electron chi connectivity index (χ2n) is 4.97. The van der Waals surface area contributed by atoms with E-state index in [0.717, 1.165) is 18.0 Å². The van der Waals surface area contributed by atoms with Gasteiger partial charge in [0.1, 0.15) is 0 Å². The third kappa shape index (κ3) is 4.36. The Kier molecular flexibility index (Phi) is 5.54. The molecule has 1 fully saturated rings. The van der Waals surface area contributed by atoms with Gasteiger partial charge in [-0.2, -0.15) is 0 Å². The van der Waals surface area contributed by atoms with E-state index in [1.807, 2.05) is 7.05 Å². The van der Waals surface area contributed by atoms with Crippen molar-refractivity contribution in [1.29, 1.82) is 0 Å². The number of nitrogens with one attached hydrogen (secondary N) is 1. The highest BCUT2D eigenvalue weighted by Gasteiger charge is 2.16. The number of likely N-dealkylation sites (N-methyl/N-ethyl adjacent to an activating group) is 1. The normalized spacial score (nSPS) is 19.2. The van der Waals surface area contributed by atoms with E-state index in [2.05, 4.69) is 37.9 Å². The van der Waals surface area contributed by atoms with E-state index in [1.165, 1.54) is 31.3 Å². The lowest BCUT2D eigenvalue weighted by Crippen LogP contribution is -2.10. The van der Waals surface area contributed by atoms with Gasteiger partial charge in [0.2, 0.25) is 0 Å². The largest absolute Gasteiger partial charge is 0.316 e. The Balaban J connectivity index is 2.71. The number of hydrogen-bond acceptors (Lipinski definition) is 1. The summed E-state index contributed by atoms with van der Waals surface area (Å²) in [4.78, 5) is 0. The first-order valence-electron chi connectivity index (χ1n) is 6.32. The number of allylic oxidation sites excluding steroid dienone is 3. The number of hydrogen-bond donors (Lipinski definition) is 1. The van der Waals surface area contributed by atoms with Gasteiger partial charge in [0.25, 0.3) is 0 Å². The zero-order valence-corrected chi connectivity index (χ0v) is 11.0. The monoisotopic (exact) mass is 219 g/mol.